The molecule has 4 rings (SSSR count). The van der Waals surface area contributed by atoms with Gasteiger partial charge in [0.15, 0.2) is 11.5 Å². The normalized spacial score (nSPS) is 15.5. The van der Waals surface area contributed by atoms with Crippen molar-refractivity contribution >= 4 is 5.91 Å². The number of H-pyrrole nitrogens is 1. The third kappa shape index (κ3) is 3.51. The average molecular weight is 350 g/mol. The van der Waals surface area contributed by atoms with Crippen molar-refractivity contribution in [2.45, 2.75) is 12.5 Å². The van der Waals surface area contributed by atoms with Gasteiger partial charge in [-0.15, -0.1) is 0 Å². The summed E-state index contributed by atoms with van der Waals surface area (Å²) in [6, 6.07) is 12.9. The number of amides is 1. The van der Waals surface area contributed by atoms with Gasteiger partial charge in [-0.2, -0.15) is 5.10 Å². The molecule has 7 nitrogen and oxygen atoms in total. The maximum Gasteiger partial charge on any atom is 0.252 e. The number of carbonyl (C=O) groups is 1. The Morgan fingerprint density at radius 3 is 2.85 bits per heavy atom. The van der Waals surface area contributed by atoms with Gasteiger partial charge in [-0.25, -0.2) is 0 Å². The monoisotopic (exact) mass is 350 g/mol. The van der Waals surface area contributed by atoms with Gasteiger partial charge in [0.25, 0.3) is 5.91 Å². The van der Waals surface area contributed by atoms with Crippen molar-refractivity contribution in [2.75, 3.05) is 13.2 Å². The van der Waals surface area contributed by atoms with Crippen LogP contribution in [0.25, 0.3) is 11.4 Å². The molecular weight excluding hydrogens is 332 g/mol. The van der Waals surface area contributed by atoms with Gasteiger partial charge in [0.05, 0.1) is 17.0 Å². The zero-order valence-corrected chi connectivity index (χ0v) is 14.0. The number of rotatable bonds is 5. The first-order chi connectivity index (χ1) is 12.8. The number of benzene rings is 1. The minimum absolute atomic E-state index is 0.0777. The SMILES string of the molecule is O=C(NCC[C@H]1COc2ccccc2O1)c1ccc(-c2ccn[nH]2)nc1. The molecule has 0 unspecified atom stereocenters. The molecule has 132 valence electrons. The van der Waals surface area contributed by atoms with E-state index in [4.69, 9.17) is 9.47 Å². The van der Waals surface area contributed by atoms with Gasteiger partial charge in [-0.1, -0.05) is 12.1 Å². The van der Waals surface area contributed by atoms with Gasteiger partial charge >= 0.3 is 0 Å². The fourth-order valence-corrected chi connectivity index (χ4v) is 2.74. The standard InChI is InChI=1S/C19H18N4O3/c24-19(13-5-6-15(21-11-13)16-8-10-22-23-16)20-9-7-14-12-25-17-3-1-2-4-18(17)26-14/h1-6,8,10-11,14H,7,9,12H2,(H,20,24)(H,22,23)/t14-/m0/s1. The maximum absolute atomic E-state index is 12.2. The molecule has 2 N–H and O–H groups in total. The van der Waals surface area contributed by atoms with Crippen LogP contribution < -0.4 is 14.8 Å². The van der Waals surface area contributed by atoms with Gasteiger partial charge in [0, 0.05) is 25.4 Å². The predicted molar refractivity (Wildman–Crippen MR) is 95.1 cm³/mol. The van der Waals surface area contributed by atoms with Crippen LogP contribution in [-0.4, -0.2) is 40.3 Å². The summed E-state index contributed by atoms with van der Waals surface area (Å²) in [4.78, 5) is 16.5. The first-order valence-electron chi connectivity index (χ1n) is 8.42. The second-order valence-corrected chi connectivity index (χ2v) is 5.94. The fraction of sp³-hybridized carbons (Fsp3) is 0.211. The maximum atomic E-state index is 12.2. The van der Waals surface area contributed by atoms with E-state index in [1.165, 1.54) is 0 Å². The van der Waals surface area contributed by atoms with Crippen LogP contribution in [0.1, 0.15) is 16.8 Å². The lowest BCUT2D eigenvalue weighted by Crippen LogP contribution is -2.34. The Morgan fingerprint density at radius 1 is 1.19 bits per heavy atom. The highest BCUT2D eigenvalue weighted by atomic mass is 16.6. The third-order valence-corrected chi connectivity index (χ3v) is 4.12. The zero-order valence-electron chi connectivity index (χ0n) is 14.0. The minimum Gasteiger partial charge on any atom is -0.486 e. The molecule has 1 aliphatic rings. The first kappa shape index (κ1) is 16.1. The highest BCUT2D eigenvalue weighted by molar-refractivity contribution is 5.94. The van der Waals surface area contributed by atoms with Crippen molar-refractivity contribution < 1.29 is 14.3 Å². The fourth-order valence-electron chi connectivity index (χ4n) is 2.74. The van der Waals surface area contributed by atoms with E-state index in [1.54, 1.807) is 24.5 Å². The molecule has 26 heavy (non-hydrogen) atoms. The van der Waals surface area contributed by atoms with Crippen molar-refractivity contribution in [1.82, 2.24) is 20.5 Å². The van der Waals surface area contributed by atoms with Crippen LogP contribution in [0.4, 0.5) is 0 Å². The first-order valence-corrected chi connectivity index (χ1v) is 8.42. The number of ether oxygens (including phenoxy) is 2. The van der Waals surface area contributed by atoms with Gasteiger partial charge in [0.2, 0.25) is 0 Å². The molecule has 0 aliphatic carbocycles. The van der Waals surface area contributed by atoms with Crippen molar-refractivity contribution in [1.29, 1.82) is 0 Å². The molecule has 0 spiro atoms. The minimum atomic E-state index is -0.161. The largest absolute Gasteiger partial charge is 0.486 e. The quantitative estimate of drug-likeness (QED) is 0.738. The lowest BCUT2D eigenvalue weighted by molar-refractivity contribution is 0.0812. The molecule has 0 bridgehead atoms. The van der Waals surface area contributed by atoms with Gasteiger partial charge in [-0.05, 0) is 30.3 Å². The third-order valence-electron chi connectivity index (χ3n) is 4.12. The Labute approximate surface area is 150 Å². The second kappa shape index (κ2) is 7.26. The molecule has 3 aromatic rings. The van der Waals surface area contributed by atoms with Crippen LogP contribution in [0.2, 0.25) is 0 Å². The Kier molecular flexibility index (Phi) is 4.51. The molecule has 0 saturated carbocycles. The lowest BCUT2D eigenvalue weighted by Gasteiger charge is -2.26. The van der Waals surface area contributed by atoms with Crippen molar-refractivity contribution in [3.63, 3.8) is 0 Å². The molecule has 2 aromatic heterocycles. The molecule has 1 aromatic carbocycles. The van der Waals surface area contributed by atoms with Gasteiger partial charge in [0.1, 0.15) is 12.7 Å². The molecule has 0 fully saturated rings. The zero-order chi connectivity index (χ0) is 17.8. The summed E-state index contributed by atoms with van der Waals surface area (Å²) >= 11 is 0. The van der Waals surface area contributed by atoms with E-state index in [9.17, 15) is 4.79 Å². The van der Waals surface area contributed by atoms with Crippen LogP contribution in [0, 0.1) is 0 Å². The van der Waals surface area contributed by atoms with E-state index in [-0.39, 0.29) is 12.0 Å². The van der Waals surface area contributed by atoms with Crippen molar-refractivity contribution in [2.24, 2.45) is 0 Å². The topological polar surface area (TPSA) is 89.1 Å². The number of pyridine rings is 1. The summed E-state index contributed by atoms with van der Waals surface area (Å²) in [7, 11) is 0. The second-order valence-electron chi connectivity index (χ2n) is 5.94. The van der Waals surface area contributed by atoms with E-state index < -0.39 is 0 Å². The number of nitrogens with zero attached hydrogens (tertiary/aromatic N) is 2. The van der Waals surface area contributed by atoms with Gasteiger partial charge < -0.3 is 14.8 Å². The summed E-state index contributed by atoms with van der Waals surface area (Å²) in [6.07, 6.45) is 3.81. The number of hydrogen-bond acceptors (Lipinski definition) is 5. The summed E-state index contributed by atoms with van der Waals surface area (Å²) in [5, 5.41) is 9.62. The number of aromatic nitrogens is 3. The smallest absolute Gasteiger partial charge is 0.252 e. The molecule has 7 heteroatoms. The number of hydrogen-bond donors (Lipinski definition) is 2. The number of nitrogens with one attached hydrogen (secondary N) is 2. The highest BCUT2D eigenvalue weighted by Gasteiger charge is 2.20. The van der Waals surface area contributed by atoms with E-state index in [2.05, 4.69) is 20.5 Å². The molecule has 0 saturated heterocycles. The van der Waals surface area contributed by atoms with Crippen molar-refractivity contribution in [3.05, 3.63) is 60.4 Å². The molecule has 1 amide bonds. The van der Waals surface area contributed by atoms with Crippen LogP contribution in [-0.2, 0) is 0 Å². The Bertz CT molecular complexity index is 878. The Hall–Kier alpha value is -3.35. The van der Waals surface area contributed by atoms with E-state index in [0.29, 0.717) is 25.1 Å². The highest BCUT2D eigenvalue weighted by Crippen LogP contribution is 2.31. The van der Waals surface area contributed by atoms with Gasteiger partial charge in [-0.3, -0.25) is 14.9 Å². The summed E-state index contributed by atoms with van der Waals surface area (Å²) in [5.41, 5.74) is 2.07. The lowest BCUT2D eigenvalue weighted by atomic mass is 10.2. The summed E-state index contributed by atoms with van der Waals surface area (Å²) in [6.45, 7) is 0.977. The number of fused-ring (bicyclic) bond motifs is 1. The van der Waals surface area contributed by atoms with Crippen molar-refractivity contribution in [3.8, 4) is 22.9 Å². The van der Waals surface area contributed by atoms with Crippen LogP contribution >= 0.6 is 0 Å². The van der Waals surface area contributed by atoms with E-state index >= 15 is 0 Å². The Balaban J connectivity index is 1.28. The average Bonchev–Trinajstić information content (AvgIpc) is 3.23. The molecule has 3 heterocycles. The molecule has 1 aliphatic heterocycles. The van der Waals surface area contributed by atoms with Crippen LogP contribution in [0.5, 0.6) is 11.5 Å². The number of para-hydroxylation sites is 2. The van der Waals surface area contributed by atoms with E-state index in [0.717, 1.165) is 22.9 Å². The number of aromatic amines is 1. The van der Waals surface area contributed by atoms with Crippen LogP contribution in [0.3, 0.4) is 0 Å². The summed E-state index contributed by atoms with van der Waals surface area (Å²) in [5.74, 6) is 1.34. The number of carbonyl (C=O) groups excluding carboxylic acids is 1. The Morgan fingerprint density at radius 2 is 2.08 bits per heavy atom. The summed E-state index contributed by atoms with van der Waals surface area (Å²) < 4.78 is 11.5. The van der Waals surface area contributed by atoms with Crippen LogP contribution in [0.15, 0.2) is 54.9 Å². The predicted octanol–water partition coefficient (Wildman–Crippen LogP) is 2.43. The molecular formula is C19H18N4O3. The van der Waals surface area contributed by atoms with E-state index in [1.807, 2.05) is 30.3 Å². The molecule has 0 radical (unpaired) electrons. The molecule has 1 atom stereocenters.